The van der Waals surface area contributed by atoms with Gasteiger partial charge in [0.2, 0.25) is 0 Å². The molecule has 0 aliphatic carbocycles. The lowest BCUT2D eigenvalue weighted by molar-refractivity contribution is 0.151. The predicted molar refractivity (Wildman–Crippen MR) is 91.2 cm³/mol. The summed E-state index contributed by atoms with van der Waals surface area (Å²) in [7, 11) is 1.68. The molecule has 1 aromatic rings. The van der Waals surface area contributed by atoms with E-state index in [2.05, 4.69) is 25.7 Å². The van der Waals surface area contributed by atoms with Crippen LogP contribution in [0.25, 0.3) is 0 Å². The largest absolute Gasteiger partial charge is 0.496 e. The van der Waals surface area contributed by atoms with Gasteiger partial charge in [-0.1, -0.05) is 37.4 Å². The van der Waals surface area contributed by atoms with Crippen LogP contribution in [-0.2, 0) is 0 Å². The molecule has 0 amide bonds. The Morgan fingerprint density at radius 2 is 2.00 bits per heavy atom. The van der Waals surface area contributed by atoms with Crippen molar-refractivity contribution < 1.29 is 4.74 Å². The lowest BCUT2D eigenvalue weighted by Crippen LogP contribution is -2.39. The van der Waals surface area contributed by atoms with E-state index in [0.29, 0.717) is 12.6 Å². The third kappa shape index (κ3) is 4.87. The molecule has 0 aromatic heterocycles. The van der Waals surface area contributed by atoms with Crippen molar-refractivity contribution in [3.8, 4) is 5.75 Å². The molecule has 0 bridgehead atoms. The van der Waals surface area contributed by atoms with Crippen LogP contribution in [0.4, 0.5) is 0 Å². The van der Waals surface area contributed by atoms with Gasteiger partial charge in [-0.25, -0.2) is 0 Å². The Labute approximate surface area is 134 Å². The van der Waals surface area contributed by atoms with Crippen LogP contribution < -0.4 is 10.5 Å². The summed E-state index contributed by atoms with van der Waals surface area (Å²) in [6.07, 6.45) is 3.63. The second-order valence-electron chi connectivity index (χ2n) is 5.65. The minimum atomic E-state index is 0.0884. The molecule has 1 unspecified atom stereocenters. The molecule has 1 aromatic carbocycles. The first-order chi connectivity index (χ1) is 10.1. The van der Waals surface area contributed by atoms with Crippen LogP contribution >= 0.6 is 11.6 Å². The number of hydrogen-bond acceptors (Lipinski definition) is 3. The number of hydrogen-bond donors (Lipinski definition) is 1. The zero-order chi connectivity index (χ0) is 15.8. The lowest BCUT2D eigenvalue weighted by atomic mass is 10.0. The Morgan fingerprint density at radius 3 is 2.52 bits per heavy atom. The van der Waals surface area contributed by atoms with Crippen LogP contribution in [0.2, 0.25) is 5.02 Å². The van der Waals surface area contributed by atoms with E-state index in [-0.39, 0.29) is 6.04 Å². The van der Waals surface area contributed by atoms with Gasteiger partial charge in [-0.3, -0.25) is 4.90 Å². The molecule has 2 N–H and O–H groups in total. The van der Waals surface area contributed by atoms with Gasteiger partial charge in [0.15, 0.2) is 0 Å². The SMILES string of the molecule is CCCCCN(C(C)C)C(CN)c1c(Cl)cccc1OC. The smallest absolute Gasteiger partial charge is 0.125 e. The summed E-state index contributed by atoms with van der Waals surface area (Å²) in [5, 5.41) is 0.728. The van der Waals surface area contributed by atoms with Crippen molar-refractivity contribution in [2.24, 2.45) is 5.73 Å². The van der Waals surface area contributed by atoms with Crippen LogP contribution in [0.3, 0.4) is 0 Å². The van der Waals surface area contributed by atoms with Crippen molar-refractivity contribution in [2.45, 2.75) is 52.1 Å². The molecular formula is C17H29ClN2O. The van der Waals surface area contributed by atoms with Gasteiger partial charge >= 0.3 is 0 Å². The normalized spacial score (nSPS) is 13.0. The van der Waals surface area contributed by atoms with Crippen molar-refractivity contribution >= 4 is 11.6 Å². The summed E-state index contributed by atoms with van der Waals surface area (Å²) in [5.74, 6) is 0.819. The van der Waals surface area contributed by atoms with Crippen molar-refractivity contribution in [3.05, 3.63) is 28.8 Å². The minimum absolute atomic E-state index is 0.0884. The molecule has 0 saturated heterocycles. The van der Waals surface area contributed by atoms with Crippen LogP contribution in [0.5, 0.6) is 5.75 Å². The number of unbranched alkanes of at least 4 members (excludes halogenated alkanes) is 2. The molecule has 0 aliphatic heterocycles. The highest BCUT2D eigenvalue weighted by molar-refractivity contribution is 6.31. The summed E-state index contributed by atoms with van der Waals surface area (Å²) in [6.45, 7) is 8.19. The summed E-state index contributed by atoms with van der Waals surface area (Å²) in [5.41, 5.74) is 7.09. The van der Waals surface area contributed by atoms with E-state index >= 15 is 0 Å². The summed E-state index contributed by atoms with van der Waals surface area (Å²) >= 11 is 6.43. The van der Waals surface area contributed by atoms with Crippen LogP contribution in [0.1, 0.15) is 51.6 Å². The van der Waals surface area contributed by atoms with Crippen LogP contribution in [0.15, 0.2) is 18.2 Å². The number of methoxy groups -OCH3 is 1. The second kappa shape index (κ2) is 9.29. The molecule has 0 spiro atoms. The number of benzene rings is 1. The van der Waals surface area contributed by atoms with E-state index in [9.17, 15) is 0 Å². The Hall–Kier alpha value is -0.770. The van der Waals surface area contributed by atoms with Crippen molar-refractivity contribution in [1.29, 1.82) is 0 Å². The van der Waals surface area contributed by atoms with Gasteiger partial charge in [-0.15, -0.1) is 0 Å². The third-order valence-electron chi connectivity index (χ3n) is 3.87. The van der Waals surface area contributed by atoms with Gasteiger partial charge in [0.1, 0.15) is 5.75 Å². The van der Waals surface area contributed by atoms with Gasteiger partial charge in [0, 0.05) is 23.2 Å². The Kier molecular flexibility index (Phi) is 8.09. The maximum Gasteiger partial charge on any atom is 0.125 e. The van der Waals surface area contributed by atoms with E-state index in [1.165, 1.54) is 19.3 Å². The highest BCUT2D eigenvalue weighted by Crippen LogP contribution is 2.35. The Bertz CT molecular complexity index is 423. The van der Waals surface area contributed by atoms with Crippen molar-refractivity contribution in [3.63, 3.8) is 0 Å². The summed E-state index contributed by atoms with van der Waals surface area (Å²) in [4.78, 5) is 2.43. The Morgan fingerprint density at radius 1 is 1.29 bits per heavy atom. The van der Waals surface area contributed by atoms with E-state index in [4.69, 9.17) is 22.1 Å². The second-order valence-corrected chi connectivity index (χ2v) is 6.05. The van der Waals surface area contributed by atoms with Gasteiger partial charge in [0.25, 0.3) is 0 Å². The molecular weight excluding hydrogens is 284 g/mol. The van der Waals surface area contributed by atoms with Gasteiger partial charge < -0.3 is 10.5 Å². The maximum absolute atomic E-state index is 6.43. The molecule has 1 atom stereocenters. The fourth-order valence-electron chi connectivity index (χ4n) is 2.76. The molecule has 0 fully saturated rings. The fraction of sp³-hybridized carbons (Fsp3) is 0.647. The molecule has 0 heterocycles. The third-order valence-corrected chi connectivity index (χ3v) is 4.20. The van der Waals surface area contributed by atoms with E-state index in [0.717, 1.165) is 22.9 Å². The first kappa shape index (κ1) is 18.3. The molecule has 21 heavy (non-hydrogen) atoms. The number of rotatable bonds is 9. The first-order valence-corrected chi connectivity index (χ1v) is 8.22. The molecule has 0 aliphatic rings. The maximum atomic E-state index is 6.43. The standard InChI is InChI=1S/C17H29ClN2O/c1-5-6-7-11-20(13(2)3)15(12-19)17-14(18)9-8-10-16(17)21-4/h8-10,13,15H,5-7,11-12,19H2,1-4H3. The predicted octanol–water partition coefficient (Wildman–Crippen LogP) is 4.25. The highest BCUT2D eigenvalue weighted by atomic mass is 35.5. The number of halogens is 1. The molecule has 3 nitrogen and oxygen atoms in total. The number of nitrogens with zero attached hydrogens (tertiary/aromatic N) is 1. The fourth-order valence-corrected chi connectivity index (χ4v) is 3.05. The lowest BCUT2D eigenvalue weighted by Gasteiger charge is -2.35. The number of nitrogens with two attached hydrogens (primary N) is 1. The quantitative estimate of drug-likeness (QED) is 0.693. The highest BCUT2D eigenvalue weighted by Gasteiger charge is 2.26. The minimum Gasteiger partial charge on any atom is -0.496 e. The van der Waals surface area contributed by atoms with Crippen LogP contribution in [0, 0.1) is 0 Å². The zero-order valence-corrected chi connectivity index (χ0v) is 14.5. The molecule has 1 rings (SSSR count). The van der Waals surface area contributed by atoms with Gasteiger partial charge in [-0.2, -0.15) is 0 Å². The molecule has 0 radical (unpaired) electrons. The summed E-state index contributed by atoms with van der Waals surface area (Å²) < 4.78 is 5.50. The Balaban J connectivity index is 3.08. The monoisotopic (exact) mass is 312 g/mol. The van der Waals surface area contributed by atoms with Gasteiger partial charge in [0.05, 0.1) is 13.2 Å². The molecule has 120 valence electrons. The summed E-state index contributed by atoms with van der Waals surface area (Å²) in [6, 6.07) is 6.28. The van der Waals surface area contributed by atoms with Crippen LogP contribution in [-0.4, -0.2) is 31.1 Å². The van der Waals surface area contributed by atoms with Crippen molar-refractivity contribution in [1.82, 2.24) is 4.90 Å². The van der Waals surface area contributed by atoms with E-state index in [1.54, 1.807) is 7.11 Å². The zero-order valence-electron chi connectivity index (χ0n) is 13.7. The molecule has 4 heteroatoms. The topological polar surface area (TPSA) is 38.5 Å². The molecule has 0 saturated carbocycles. The first-order valence-electron chi connectivity index (χ1n) is 7.84. The number of ether oxygens (including phenoxy) is 1. The van der Waals surface area contributed by atoms with E-state index < -0.39 is 0 Å². The van der Waals surface area contributed by atoms with Crippen molar-refractivity contribution in [2.75, 3.05) is 20.2 Å². The average Bonchev–Trinajstić information content (AvgIpc) is 2.47. The van der Waals surface area contributed by atoms with E-state index in [1.807, 2.05) is 18.2 Å². The van der Waals surface area contributed by atoms with Gasteiger partial charge in [-0.05, 0) is 38.9 Å². The average molecular weight is 313 g/mol.